The lowest BCUT2D eigenvalue weighted by Crippen LogP contribution is -2.01. The van der Waals surface area contributed by atoms with Crippen molar-refractivity contribution in [1.29, 1.82) is 0 Å². The van der Waals surface area contributed by atoms with E-state index in [2.05, 4.69) is 15.5 Å². The number of benzene rings is 1. The van der Waals surface area contributed by atoms with Crippen molar-refractivity contribution < 1.29 is 8.42 Å². The third kappa shape index (κ3) is 3.24. The average molecular weight is 269 g/mol. The third-order valence-electron chi connectivity index (χ3n) is 2.16. The topological polar surface area (TPSA) is 72.0 Å². The molecule has 0 aliphatic carbocycles. The van der Waals surface area contributed by atoms with Crippen LogP contribution in [0.1, 0.15) is 5.56 Å². The van der Waals surface area contributed by atoms with Gasteiger partial charge in [-0.3, -0.25) is 0 Å². The lowest BCUT2D eigenvalue weighted by molar-refractivity contribution is 0.602. The SMILES string of the molecule is CS(=O)(=O)c1ccc(CNc2nncs2)cc1. The van der Waals surface area contributed by atoms with Crippen molar-refractivity contribution in [1.82, 2.24) is 10.2 Å². The first-order chi connectivity index (χ1) is 8.05. The van der Waals surface area contributed by atoms with Crippen molar-refractivity contribution in [3.8, 4) is 0 Å². The van der Waals surface area contributed by atoms with E-state index in [0.29, 0.717) is 11.4 Å². The molecule has 1 heterocycles. The number of hydrogen-bond acceptors (Lipinski definition) is 6. The fourth-order valence-corrected chi connectivity index (χ4v) is 2.36. The van der Waals surface area contributed by atoms with Gasteiger partial charge in [0, 0.05) is 12.8 Å². The summed E-state index contributed by atoms with van der Waals surface area (Å²) in [5.74, 6) is 0. The number of sulfone groups is 1. The van der Waals surface area contributed by atoms with Gasteiger partial charge in [-0.25, -0.2) is 8.42 Å². The maximum absolute atomic E-state index is 11.3. The molecule has 0 saturated heterocycles. The van der Waals surface area contributed by atoms with Crippen molar-refractivity contribution in [2.75, 3.05) is 11.6 Å². The van der Waals surface area contributed by atoms with Gasteiger partial charge in [-0.15, -0.1) is 10.2 Å². The van der Waals surface area contributed by atoms with Gasteiger partial charge in [0.2, 0.25) is 5.13 Å². The van der Waals surface area contributed by atoms with Crippen molar-refractivity contribution in [2.24, 2.45) is 0 Å². The molecule has 0 aliphatic rings. The van der Waals surface area contributed by atoms with Crippen LogP contribution in [0.25, 0.3) is 0 Å². The van der Waals surface area contributed by atoms with E-state index < -0.39 is 9.84 Å². The maximum atomic E-state index is 11.3. The maximum Gasteiger partial charge on any atom is 0.205 e. The number of nitrogens with zero attached hydrogens (tertiary/aromatic N) is 2. The van der Waals surface area contributed by atoms with Gasteiger partial charge >= 0.3 is 0 Å². The standard InChI is InChI=1S/C10H11N3O2S2/c1-17(14,15)9-4-2-8(3-5-9)6-11-10-13-12-7-16-10/h2-5,7H,6H2,1H3,(H,11,13). The van der Waals surface area contributed by atoms with Crippen LogP contribution in [0.2, 0.25) is 0 Å². The molecule has 0 spiro atoms. The molecule has 0 atom stereocenters. The Labute approximate surface area is 103 Å². The molecule has 0 aliphatic heterocycles. The Morgan fingerprint density at radius 3 is 2.53 bits per heavy atom. The molecule has 7 heteroatoms. The Kier molecular flexibility index (Phi) is 3.39. The van der Waals surface area contributed by atoms with E-state index in [1.807, 2.05) is 0 Å². The average Bonchev–Trinajstić information content (AvgIpc) is 2.78. The van der Waals surface area contributed by atoms with E-state index in [4.69, 9.17) is 0 Å². The van der Waals surface area contributed by atoms with Crippen LogP contribution in [-0.4, -0.2) is 24.9 Å². The molecule has 2 aromatic rings. The molecule has 17 heavy (non-hydrogen) atoms. The Morgan fingerprint density at radius 1 is 1.29 bits per heavy atom. The van der Waals surface area contributed by atoms with E-state index in [9.17, 15) is 8.42 Å². The highest BCUT2D eigenvalue weighted by Gasteiger charge is 2.06. The molecule has 0 radical (unpaired) electrons. The molecule has 90 valence electrons. The van der Waals surface area contributed by atoms with Crippen molar-refractivity contribution >= 4 is 26.3 Å². The van der Waals surface area contributed by atoms with Gasteiger partial charge < -0.3 is 5.32 Å². The van der Waals surface area contributed by atoms with Crippen molar-refractivity contribution in [3.63, 3.8) is 0 Å². The van der Waals surface area contributed by atoms with Crippen molar-refractivity contribution in [3.05, 3.63) is 35.3 Å². The van der Waals surface area contributed by atoms with E-state index in [1.165, 1.54) is 17.6 Å². The third-order valence-corrected chi connectivity index (χ3v) is 3.93. The highest BCUT2D eigenvalue weighted by molar-refractivity contribution is 7.90. The Morgan fingerprint density at radius 2 is 2.00 bits per heavy atom. The van der Waals surface area contributed by atoms with E-state index in [0.717, 1.165) is 10.7 Å². The summed E-state index contributed by atoms with van der Waals surface area (Å²) in [4.78, 5) is 0.331. The second-order valence-electron chi connectivity index (χ2n) is 3.51. The first-order valence-corrected chi connectivity index (χ1v) is 7.62. The fraction of sp³-hybridized carbons (Fsp3) is 0.200. The number of anilines is 1. The van der Waals surface area contributed by atoms with Crippen LogP contribution < -0.4 is 5.32 Å². The predicted molar refractivity (Wildman–Crippen MR) is 66.8 cm³/mol. The van der Waals surface area contributed by atoms with Gasteiger partial charge in [-0.2, -0.15) is 0 Å². The van der Waals surface area contributed by atoms with Gasteiger partial charge in [-0.05, 0) is 17.7 Å². The summed E-state index contributed by atoms with van der Waals surface area (Å²) in [6.45, 7) is 0.596. The van der Waals surface area contributed by atoms with Gasteiger partial charge in [-0.1, -0.05) is 23.5 Å². The minimum absolute atomic E-state index is 0.331. The molecule has 1 aromatic carbocycles. The van der Waals surface area contributed by atoms with E-state index in [1.54, 1.807) is 29.8 Å². The first-order valence-electron chi connectivity index (χ1n) is 4.85. The van der Waals surface area contributed by atoms with Crippen LogP contribution in [0.15, 0.2) is 34.7 Å². The summed E-state index contributed by atoms with van der Waals surface area (Å²) in [5, 5.41) is 11.4. The normalized spacial score (nSPS) is 11.4. The smallest absolute Gasteiger partial charge is 0.205 e. The predicted octanol–water partition coefficient (Wildman–Crippen LogP) is 1.55. The molecule has 1 N–H and O–H groups in total. The molecule has 0 saturated carbocycles. The molecular formula is C10H11N3O2S2. The van der Waals surface area contributed by atoms with Crippen LogP contribution in [0, 0.1) is 0 Å². The summed E-state index contributed by atoms with van der Waals surface area (Å²) in [7, 11) is -3.12. The minimum atomic E-state index is -3.12. The summed E-state index contributed by atoms with van der Waals surface area (Å²) < 4.78 is 22.5. The van der Waals surface area contributed by atoms with Crippen LogP contribution in [-0.2, 0) is 16.4 Å². The Bertz CT molecular complexity index is 577. The zero-order valence-corrected chi connectivity index (χ0v) is 10.8. The zero-order valence-electron chi connectivity index (χ0n) is 9.12. The van der Waals surface area contributed by atoms with Crippen LogP contribution in [0.5, 0.6) is 0 Å². The van der Waals surface area contributed by atoms with Crippen LogP contribution >= 0.6 is 11.3 Å². The summed E-state index contributed by atoms with van der Waals surface area (Å²) in [5.41, 5.74) is 2.64. The molecular weight excluding hydrogens is 258 g/mol. The molecule has 5 nitrogen and oxygen atoms in total. The molecule has 0 fully saturated rings. The molecule has 0 bridgehead atoms. The largest absolute Gasteiger partial charge is 0.356 e. The lowest BCUT2D eigenvalue weighted by atomic mass is 10.2. The Hall–Kier alpha value is -1.47. The first kappa shape index (κ1) is 12.0. The second kappa shape index (κ2) is 4.80. The lowest BCUT2D eigenvalue weighted by Gasteiger charge is -2.03. The van der Waals surface area contributed by atoms with Gasteiger partial charge in [0.1, 0.15) is 5.51 Å². The fourth-order valence-electron chi connectivity index (χ4n) is 1.28. The van der Waals surface area contributed by atoms with Gasteiger partial charge in [0.05, 0.1) is 4.90 Å². The number of aromatic nitrogens is 2. The quantitative estimate of drug-likeness (QED) is 0.911. The molecule has 0 unspecified atom stereocenters. The van der Waals surface area contributed by atoms with E-state index >= 15 is 0 Å². The monoisotopic (exact) mass is 269 g/mol. The molecule has 1 aromatic heterocycles. The minimum Gasteiger partial charge on any atom is -0.356 e. The summed E-state index contributed by atoms with van der Waals surface area (Å²) in [6, 6.07) is 6.77. The summed E-state index contributed by atoms with van der Waals surface area (Å²) >= 11 is 1.42. The number of hydrogen-bond donors (Lipinski definition) is 1. The van der Waals surface area contributed by atoms with Gasteiger partial charge in [0.25, 0.3) is 0 Å². The van der Waals surface area contributed by atoms with E-state index in [-0.39, 0.29) is 0 Å². The number of rotatable bonds is 4. The second-order valence-corrected chi connectivity index (χ2v) is 6.36. The van der Waals surface area contributed by atoms with Crippen molar-refractivity contribution in [2.45, 2.75) is 11.4 Å². The Balaban J connectivity index is 2.04. The van der Waals surface area contributed by atoms with Gasteiger partial charge in [0.15, 0.2) is 9.84 Å². The highest BCUT2D eigenvalue weighted by atomic mass is 32.2. The molecule has 2 rings (SSSR count). The highest BCUT2D eigenvalue weighted by Crippen LogP contribution is 2.13. The summed E-state index contributed by atoms with van der Waals surface area (Å²) in [6.07, 6.45) is 1.20. The van der Waals surface area contributed by atoms with Crippen LogP contribution in [0.3, 0.4) is 0 Å². The number of nitrogens with one attached hydrogen (secondary N) is 1. The van der Waals surface area contributed by atoms with Crippen LogP contribution in [0.4, 0.5) is 5.13 Å². The zero-order chi connectivity index (χ0) is 12.3. The molecule has 0 amide bonds.